The molecule has 0 saturated carbocycles. The average Bonchev–Trinajstić information content (AvgIpc) is 2.79. The number of hydrogen-bond acceptors (Lipinski definition) is 6. The molecule has 10 heteroatoms. The molecule has 0 bridgehead atoms. The van der Waals surface area contributed by atoms with E-state index in [2.05, 4.69) is 10.6 Å². The van der Waals surface area contributed by atoms with Gasteiger partial charge in [0.2, 0.25) is 15.9 Å². The van der Waals surface area contributed by atoms with Gasteiger partial charge in [-0.3, -0.25) is 9.59 Å². The van der Waals surface area contributed by atoms with Gasteiger partial charge in [0.25, 0.3) is 5.91 Å². The van der Waals surface area contributed by atoms with Crippen LogP contribution < -0.4 is 10.6 Å². The van der Waals surface area contributed by atoms with Crippen molar-refractivity contribution in [3.63, 3.8) is 0 Å². The van der Waals surface area contributed by atoms with E-state index < -0.39 is 15.9 Å². The molecule has 2 aromatic rings. The fourth-order valence-electron chi connectivity index (χ4n) is 3.36. The molecule has 1 aliphatic heterocycles. The maximum Gasteiger partial charge on any atom is 0.255 e. The topological polar surface area (TPSA) is 114 Å². The summed E-state index contributed by atoms with van der Waals surface area (Å²) < 4.78 is 37.8. The van der Waals surface area contributed by atoms with E-state index >= 15 is 0 Å². The molecule has 9 nitrogen and oxygen atoms in total. The van der Waals surface area contributed by atoms with E-state index in [1.807, 2.05) is 6.92 Å². The highest BCUT2D eigenvalue weighted by molar-refractivity contribution is 7.89. The SMILES string of the molecule is CCc1ccc(C(=O)Nc2cccc(NC(=O)COC)c2)cc1S(=O)(=O)N1CCOCC1. The molecule has 1 aliphatic rings. The van der Waals surface area contributed by atoms with Crippen LogP contribution in [0.3, 0.4) is 0 Å². The van der Waals surface area contributed by atoms with E-state index in [9.17, 15) is 18.0 Å². The summed E-state index contributed by atoms with van der Waals surface area (Å²) >= 11 is 0. The fourth-order valence-corrected chi connectivity index (χ4v) is 5.09. The molecular weight excluding hydrogens is 434 g/mol. The van der Waals surface area contributed by atoms with E-state index in [0.29, 0.717) is 36.6 Å². The van der Waals surface area contributed by atoms with Crippen molar-refractivity contribution >= 4 is 33.2 Å². The lowest BCUT2D eigenvalue weighted by molar-refractivity contribution is -0.119. The summed E-state index contributed by atoms with van der Waals surface area (Å²) in [5.41, 5.74) is 1.84. The molecule has 1 heterocycles. The van der Waals surface area contributed by atoms with Gasteiger partial charge in [-0.05, 0) is 42.3 Å². The van der Waals surface area contributed by atoms with Gasteiger partial charge >= 0.3 is 0 Å². The van der Waals surface area contributed by atoms with E-state index in [-0.39, 0.29) is 36.1 Å². The molecule has 0 unspecified atom stereocenters. The largest absolute Gasteiger partial charge is 0.379 e. The number of carbonyl (C=O) groups excluding carboxylic acids is 2. The third-order valence-electron chi connectivity index (χ3n) is 4.98. The summed E-state index contributed by atoms with van der Waals surface area (Å²) in [6.07, 6.45) is 0.518. The normalized spacial score (nSPS) is 14.7. The molecule has 3 rings (SSSR count). The number of aryl methyl sites for hydroxylation is 1. The Bertz CT molecular complexity index is 1080. The maximum absolute atomic E-state index is 13.2. The molecule has 0 radical (unpaired) electrons. The Balaban J connectivity index is 1.82. The summed E-state index contributed by atoms with van der Waals surface area (Å²) in [5.74, 6) is -0.768. The minimum Gasteiger partial charge on any atom is -0.379 e. The van der Waals surface area contributed by atoms with Crippen LogP contribution in [-0.4, -0.2) is 64.6 Å². The van der Waals surface area contributed by atoms with Gasteiger partial charge in [0.15, 0.2) is 0 Å². The number of anilines is 2. The lowest BCUT2D eigenvalue weighted by Gasteiger charge is -2.27. The number of nitrogens with zero attached hydrogens (tertiary/aromatic N) is 1. The predicted molar refractivity (Wildman–Crippen MR) is 120 cm³/mol. The second-order valence-electron chi connectivity index (χ2n) is 7.21. The number of methoxy groups -OCH3 is 1. The van der Waals surface area contributed by atoms with Crippen LogP contribution in [0, 0.1) is 0 Å². The first kappa shape index (κ1) is 23.9. The zero-order valence-corrected chi connectivity index (χ0v) is 18.9. The Morgan fingerprint density at radius 2 is 1.75 bits per heavy atom. The second-order valence-corrected chi connectivity index (χ2v) is 9.11. The molecule has 1 saturated heterocycles. The standard InChI is InChI=1S/C22H27N3O6S/c1-3-16-7-8-17(13-20(16)32(28,29)25-9-11-31-12-10-25)22(27)24-19-6-4-5-18(14-19)23-21(26)15-30-2/h4-8,13-14H,3,9-12,15H2,1-2H3,(H,23,26)(H,24,27). The van der Waals surface area contributed by atoms with Crippen molar-refractivity contribution in [2.45, 2.75) is 18.2 Å². The number of nitrogens with one attached hydrogen (secondary N) is 2. The van der Waals surface area contributed by atoms with E-state index in [1.54, 1.807) is 36.4 Å². The Morgan fingerprint density at radius 1 is 1.06 bits per heavy atom. The van der Waals surface area contributed by atoms with Gasteiger partial charge in [-0.15, -0.1) is 0 Å². The van der Waals surface area contributed by atoms with Crippen molar-refractivity contribution in [1.82, 2.24) is 4.31 Å². The Kier molecular flexibility index (Phi) is 7.97. The minimum absolute atomic E-state index is 0.0826. The van der Waals surface area contributed by atoms with Crippen molar-refractivity contribution < 1.29 is 27.5 Å². The average molecular weight is 462 g/mol. The molecule has 0 spiro atoms. The zero-order chi connectivity index (χ0) is 23.1. The Morgan fingerprint density at radius 3 is 2.41 bits per heavy atom. The number of sulfonamides is 1. The van der Waals surface area contributed by atoms with E-state index in [0.717, 1.165) is 0 Å². The highest BCUT2D eigenvalue weighted by Crippen LogP contribution is 2.24. The van der Waals surface area contributed by atoms with Crippen LogP contribution in [0.2, 0.25) is 0 Å². The monoisotopic (exact) mass is 461 g/mol. The summed E-state index contributed by atoms with van der Waals surface area (Å²) in [7, 11) is -2.32. The number of hydrogen-bond donors (Lipinski definition) is 2. The Hall–Kier alpha value is -2.79. The van der Waals surface area contributed by atoms with Crippen LogP contribution in [-0.2, 0) is 30.7 Å². The number of benzene rings is 2. The van der Waals surface area contributed by atoms with Crippen LogP contribution >= 0.6 is 0 Å². The van der Waals surface area contributed by atoms with Crippen LogP contribution in [0.4, 0.5) is 11.4 Å². The molecule has 0 aliphatic carbocycles. The molecule has 172 valence electrons. The van der Waals surface area contributed by atoms with Gasteiger partial charge in [-0.1, -0.05) is 19.1 Å². The number of rotatable bonds is 8. The van der Waals surface area contributed by atoms with Crippen LogP contribution in [0.5, 0.6) is 0 Å². The molecule has 1 fully saturated rings. The molecule has 2 aromatic carbocycles. The van der Waals surface area contributed by atoms with Crippen molar-refractivity contribution in [2.75, 3.05) is 50.7 Å². The lowest BCUT2D eigenvalue weighted by atomic mass is 10.1. The van der Waals surface area contributed by atoms with Crippen molar-refractivity contribution in [3.8, 4) is 0 Å². The first-order chi connectivity index (χ1) is 15.3. The van der Waals surface area contributed by atoms with Crippen molar-refractivity contribution in [1.29, 1.82) is 0 Å². The van der Waals surface area contributed by atoms with Gasteiger partial charge in [0.1, 0.15) is 6.61 Å². The van der Waals surface area contributed by atoms with Gasteiger partial charge in [0, 0.05) is 37.1 Å². The fraction of sp³-hybridized carbons (Fsp3) is 0.364. The molecular formula is C22H27N3O6S. The maximum atomic E-state index is 13.2. The highest BCUT2D eigenvalue weighted by Gasteiger charge is 2.29. The number of carbonyl (C=O) groups is 2. The summed E-state index contributed by atoms with van der Waals surface area (Å²) in [6, 6.07) is 11.4. The van der Waals surface area contributed by atoms with Crippen LogP contribution in [0.15, 0.2) is 47.4 Å². The number of amides is 2. The molecule has 0 aromatic heterocycles. The van der Waals surface area contributed by atoms with E-state index in [4.69, 9.17) is 9.47 Å². The lowest BCUT2D eigenvalue weighted by Crippen LogP contribution is -2.41. The van der Waals surface area contributed by atoms with Crippen LogP contribution in [0.25, 0.3) is 0 Å². The van der Waals surface area contributed by atoms with Gasteiger partial charge in [-0.2, -0.15) is 4.31 Å². The van der Waals surface area contributed by atoms with Crippen LogP contribution in [0.1, 0.15) is 22.8 Å². The highest BCUT2D eigenvalue weighted by atomic mass is 32.2. The number of ether oxygens (including phenoxy) is 2. The summed E-state index contributed by atoms with van der Waals surface area (Å²) in [6.45, 7) is 3.04. The first-order valence-corrected chi connectivity index (χ1v) is 11.7. The second kappa shape index (κ2) is 10.7. The molecule has 0 atom stereocenters. The van der Waals surface area contributed by atoms with Gasteiger partial charge in [-0.25, -0.2) is 8.42 Å². The quantitative estimate of drug-likeness (QED) is 0.622. The van der Waals surface area contributed by atoms with Gasteiger partial charge < -0.3 is 20.1 Å². The molecule has 2 amide bonds. The minimum atomic E-state index is -3.75. The smallest absolute Gasteiger partial charge is 0.255 e. The number of morpholine rings is 1. The van der Waals surface area contributed by atoms with Crippen molar-refractivity contribution in [3.05, 3.63) is 53.6 Å². The third kappa shape index (κ3) is 5.71. The first-order valence-electron chi connectivity index (χ1n) is 10.3. The van der Waals surface area contributed by atoms with E-state index in [1.165, 1.54) is 17.5 Å². The zero-order valence-electron chi connectivity index (χ0n) is 18.1. The molecule has 32 heavy (non-hydrogen) atoms. The van der Waals surface area contributed by atoms with Gasteiger partial charge in [0.05, 0.1) is 18.1 Å². The van der Waals surface area contributed by atoms with Crippen molar-refractivity contribution in [2.24, 2.45) is 0 Å². The molecule has 2 N–H and O–H groups in total. The predicted octanol–water partition coefficient (Wildman–Crippen LogP) is 2.11. The Labute approximate surface area is 187 Å². The summed E-state index contributed by atoms with van der Waals surface area (Å²) in [5, 5.41) is 5.42. The summed E-state index contributed by atoms with van der Waals surface area (Å²) in [4.78, 5) is 24.7. The third-order valence-corrected chi connectivity index (χ3v) is 6.96.